The molecule has 0 aliphatic heterocycles. The van der Waals surface area contributed by atoms with Gasteiger partial charge in [0.25, 0.3) is 0 Å². The molecule has 0 aromatic carbocycles. The maximum absolute atomic E-state index is 10.5. The van der Waals surface area contributed by atoms with Crippen LogP contribution in [0.2, 0.25) is 0 Å². The molecule has 0 radical (unpaired) electrons. The van der Waals surface area contributed by atoms with Crippen molar-refractivity contribution < 1.29 is 4.20 Å². The molecule has 0 fully saturated rings. The third-order valence-electron chi connectivity index (χ3n) is 0.0286. The number of halogens is 2. The molecular weight excluding hydrogens is 144 g/mol. The molecular formula is BrFNP. The van der Waals surface area contributed by atoms with Gasteiger partial charge in [-0.25, -0.2) is 0 Å². The van der Waals surface area contributed by atoms with Crippen molar-refractivity contribution in [2.75, 3.05) is 0 Å². The quantitative estimate of drug-likeness (QED) is 0.462. The summed E-state index contributed by atoms with van der Waals surface area (Å²) in [7, 11) is -0.460. The SMILES string of the molecule is F/P=N/Br. The van der Waals surface area contributed by atoms with Crippen LogP contribution in [0.15, 0.2) is 3.77 Å². The molecule has 0 heterocycles. The minimum absolute atomic E-state index is 0.460. The third-order valence-corrected chi connectivity index (χ3v) is 0.445. The molecule has 0 aliphatic carbocycles. The third kappa shape index (κ3) is 2.51. The van der Waals surface area contributed by atoms with E-state index in [-0.39, 0.29) is 0 Å². The lowest BCUT2D eigenvalue weighted by molar-refractivity contribution is 0.930. The van der Waals surface area contributed by atoms with Gasteiger partial charge in [0, 0.05) is 0 Å². The van der Waals surface area contributed by atoms with Crippen molar-refractivity contribution >= 4 is 24.8 Å². The highest BCUT2D eigenvalue weighted by Gasteiger charge is 1.44. The summed E-state index contributed by atoms with van der Waals surface area (Å²) in [6.45, 7) is 0. The van der Waals surface area contributed by atoms with Crippen LogP contribution in [-0.2, 0) is 0 Å². The van der Waals surface area contributed by atoms with Crippen LogP contribution in [-0.4, -0.2) is 0 Å². The molecule has 0 saturated carbocycles. The van der Waals surface area contributed by atoms with Crippen LogP contribution < -0.4 is 0 Å². The van der Waals surface area contributed by atoms with Gasteiger partial charge in [-0.1, -0.05) is 0 Å². The van der Waals surface area contributed by atoms with E-state index in [9.17, 15) is 4.20 Å². The minimum atomic E-state index is -0.460. The summed E-state index contributed by atoms with van der Waals surface area (Å²) >= 11 is 2.49. The van der Waals surface area contributed by atoms with Crippen LogP contribution in [0.4, 0.5) is 4.20 Å². The molecule has 0 aliphatic rings. The van der Waals surface area contributed by atoms with Crippen molar-refractivity contribution in [1.82, 2.24) is 0 Å². The maximum Gasteiger partial charge on any atom is 0.237 e. The molecule has 0 amide bonds. The molecule has 0 N–H and O–H groups in total. The fourth-order valence-electron chi connectivity index (χ4n) is 0. The van der Waals surface area contributed by atoms with E-state index in [1.807, 2.05) is 0 Å². The van der Waals surface area contributed by atoms with E-state index in [1.165, 1.54) is 0 Å². The van der Waals surface area contributed by atoms with Gasteiger partial charge in [-0.15, -0.1) is 0 Å². The van der Waals surface area contributed by atoms with Gasteiger partial charge >= 0.3 is 0 Å². The van der Waals surface area contributed by atoms with Crippen molar-refractivity contribution in [3.63, 3.8) is 0 Å². The van der Waals surface area contributed by atoms with E-state index < -0.39 is 8.68 Å². The smallest absolute Gasteiger partial charge is 0.161 e. The first-order valence-corrected chi connectivity index (χ1v) is 1.99. The Morgan fingerprint density at radius 1 is 2.00 bits per heavy atom. The monoisotopic (exact) mass is 143 g/mol. The molecule has 4 heavy (non-hydrogen) atoms. The van der Waals surface area contributed by atoms with E-state index in [1.54, 1.807) is 0 Å². The summed E-state index contributed by atoms with van der Waals surface area (Å²) in [4.78, 5) is 0. The van der Waals surface area contributed by atoms with Gasteiger partial charge in [0.1, 0.15) is 0 Å². The second kappa shape index (κ2) is 3.51. The Hall–Kier alpha value is 0.510. The second-order valence-corrected chi connectivity index (χ2v) is 1.41. The van der Waals surface area contributed by atoms with Crippen LogP contribution in [0.1, 0.15) is 0 Å². The van der Waals surface area contributed by atoms with Gasteiger partial charge in [-0.2, -0.15) is 7.97 Å². The predicted molar refractivity (Wildman–Crippen MR) is 19.4 cm³/mol. The summed E-state index contributed by atoms with van der Waals surface area (Å²) in [5, 5.41) is 0. The van der Waals surface area contributed by atoms with Gasteiger partial charge < -0.3 is 0 Å². The summed E-state index contributed by atoms with van der Waals surface area (Å²) in [5.41, 5.74) is 0. The van der Waals surface area contributed by atoms with E-state index in [2.05, 4.69) is 19.9 Å². The molecule has 0 saturated heterocycles. The highest BCUT2D eigenvalue weighted by atomic mass is 79.9. The second-order valence-electron chi connectivity index (χ2n) is 0.151. The molecule has 0 atom stereocenters. The number of nitrogens with zero attached hydrogens (tertiary/aromatic N) is 1. The minimum Gasteiger partial charge on any atom is -0.161 e. The molecule has 24 valence electrons. The summed E-state index contributed by atoms with van der Waals surface area (Å²) in [5.74, 6) is 0. The molecule has 0 rings (SSSR count). The Balaban J connectivity index is 2.55. The lowest BCUT2D eigenvalue weighted by Gasteiger charge is -1.41. The molecule has 0 bridgehead atoms. The zero-order chi connectivity index (χ0) is 3.41. The summed E-state index contributed by atoms with van der Waals surface area (Å²) in [6, 6.07) is 0. The Morgan fingerprint density at radius 2 is 2.25 bits per heavy atom. The fourth-order valence-corrected chi connectivity index (χ4v) is 0. The highest BCUT2D eigenvalue weighted by molar-refractivity contribution is 9.08. The van der Waals surface area contributed by atoms with Crippen LogP contribution in [0.5, 0.6) is 0 Å². The van der Waals surface area contributed by atoms with Crippen LogP contribution >= 0.6 is 24.8 Å². The van der Waals surface area contributed by atoms with Crippen molar-refractivity contribution in [2.24, 2.45) is 3.77 Å². The molecule has 0 spiro atoms. The highest BCUT2D eigenvalue weighted by Crippen LogP contribution is 2.01. The van der Waals surface area contributed by atoms with Gasteiger partial charge in [-0.05, 0) is 0 Å². The van der Waals surface area contributed by atoms with Crippen molar-refractivity contribution in [3.8, 4) is 0 Å². The molecule has 4 heteroatoms. The molecule has 1 nitrogen and oxygen atoms in total. The Morgan fingerprint density at radius 3 is 2.25 bits per heavy atom. The average molecular weight is 144 g/mol. The van der Waals surface area contributed by atoms with Crippen molar-refractivity contribution in [3.05, 3.63) is 0 Å². The zero-order valence-electron chi connectivity index (χ0n) is 1.65. The lowest BCUT2D eigenvalue weighted by Crippen LogP contribution is -0.893. The van der Waals surface area contributed by atoms with Gasteiger partial charge in [0.15, 0.2) is 0 Å². The number of hydrogen-bond donors (Lipinski definition) is 0. The molecule has 0 unspecified atom stereocenters. The average Bonchev–Trinajstić information content (AvgIpc) is 1.37. The lowest BCUT2D eigenvalue weighted by atomic mass is 14.0. The van der Waals surface area contributed by atoms with Crippen LogP contribution in [0.3, 0.4) is 0 Å². The first-order valence-electron chi connectivity index (χ1n) is 0.538. The molecule has 0 aromatic heterocycles. The number of rotatable bonds is 0. The topological polar surface area (TPSA) is 12.4 Å². The van der Waals surface area contributed by atoms with Gasteiger partial charge in [0.05, 0.1) is 16.1 Å². The van der Waals surface area contributed by atoms with Crippen molar-refractivity contribution in [1.29, 1.82) is 0 Å². The van der Waals surface area contributed by atoms with E-state index in [0.717, 1.165) is 0 Å². The van der Waals surface area contributed by atoms with Crippen LogP contribution in [0.25, 0.3) is 0 Å². The normalized spacial score (nSPS) is 9.50. The maximum atomic E-state index is 10.5. The first kappa shape index (κ1) is 4.51. The van der Waals surface area contributed by atoms with Gasteiger partial charge in [0.2, 0.25) is 8.68 Å². The van der Waals surface area contributed by atoms with E-state index in [4.69, 9.17) is 0 Å². The van der Waals surface area contributed by atoms with Crippen LogP contribution in [0, 0.1) is 0 Å². The Kier molecular flexibility index (Phi) is 3.96. The van der Waals surface area contributed by atoms with Gasteiger partial charge in [-0.3, -0.25) is 0 Å². The zero-order valence-corrected chi connectivity index (χ0v) is 4.13. The standard InChI is InChI=1S/BrFNP/c1-3-4-2. The van der Waals surface area contributed by atoms with Crippen molar-refractivity contribution in [2.45, 2.75) is 0 Å². The fraction of sp³-hybridized carbons (Fsp3) is 0. The van der Waals surface area contributed by atoms with E-state index >= 15 is 0 Å². The summed E-state index contributed by atoms with van der Waals surface area (Å²) in [6.07, 6.45) is 0. The molecule has 0 aromatic rings. The number of hydrogen-bond acceptors (Lipinski definition) is 1. The predicted octanol–water partition coefficient (Wildman–Crippen LogP) is 2.31. The Labute approximate surface area is 33.6 Å². The summed E-state index contributed by atoms with van der Waals surface area (Å²) < 4.78 is 13.3. The first-order chi connectivity index (χ1) is 1.91. The van der Waals surface area contributed by atoms with E-state index in [0.29, 0.717) is 0 Å². The largest absolute Gasteiger partial charge is 0.237 e. The Bertz CT molecular complexity index is 23.2.